The van der Waals surface area contributed by atoms with E-state index < -0.39 is 5.97 Å². The Morgan fingerprint density at radius 3 is 2.53 bits per heavy atom. The summed E-state index contributed by atoms with van der Waals surface area (Å²) in [7, 11) is 0. The van der Waals surface area contributed by atoms with Crippen LogP contribution in [-0.4, -0.2) is 21.0 Å². The second-order valence-corrected chi connectivity index (χ2v) is 4.38. The second kappa shape index (κ2) is 5.48. The molecule has 0 saturated heterocycles. The van der Waals surface area contributed by atoms with Crippen molar-refractivity contribution in [3.63, 3.8) is 0 Å². The summed E-state index contributed by atoms with van der Waals surface area (Å²) in [6.45, 7) is 2.04. The molecule has 0 unspecified atom stereocenters. The lowest BCUT2D eigenvalue weighted by Gasteiger charge is -2.04. The highest BCUT2D eigenvalue weighted by molar-refractivity contribution is 5.92. The van der Waals surface area contributed by atoms with Crippen LogP contribution in [-0.2, 0) is 12.8 Å². The Hall–Kier alpha value is -2.43. The Balaban J connectivity index is 2.06. The van der Waals surface area contributed by atoms with E-state index in [9.17, 15) is 4.79 Å². The molecule has 0 spiro atoms. The van der Waals surface area contributed by atoms with Gasteiger partial charge in [-0.2, -0.15) is 0 Å². The van der Waals surface area contributed by atoms with Crippen molar-refractivity contribution in [2.45, 2.75) is 19.8 Å². The first-order valence-corrected chi connectivity index (χ1v) is 5.96. The smallest absolute Gasteiger partial charge is 0.341 e. The van der Waals surface area contributed by atoms with E-state index in [1.54, 1.807) is 0 Å². The lowest BCUT2D eigenvalue weighted by atomic mass is 10.1. The van der Waals surface area contributed by atoms with Crippen LogP contribution in [0.1, 0.15) is 27.3 Å². The average molecular weight is 257 g/mol. The molecule has 0 atom stereocenters. The van der Waals surface area contributed by atoms with Crippen molar-refractivity contribution in [1.29, 1.82) is 0 Å². The van der Waals surface area contributed by atoms with Gasteiger partial charge in [0.1, 0.15) is 17.2 Å². The predicted octanol–water partition coefficient (Wildman–Crippen LogP) is 1.85. The minimum Gasteiger partial charge on any atom is -0.477 e. The number of aromatic nitrogens is 2. The maximum Gasteiger partial charge on any atom is 0.341 e. The highest BCUT2D eigenvalue weighted by Gasteiger charge is 2.10. The van der Waals surface area contributed by atoms with E-state index in [0.29, 0.717) is 12.2 Å². The summed E-state index contributed by atoms with van der Waals surface area (Å²) in [5.74, 6) is -0.535. The number of anilines is 1. The van der Waals surface area contributed by atoms with Crippen molar-refractivity contribution in [2.75, 3.05) is 5.73 Å². The molecule has 0 bridgehead atoms. The number of aryl methyl sites for hydroxylation is 3. The summed E-state index contributed by atoms with van der Waals surface area (Å²) >= 11 is 0. The highest BCUT2D eigenvalue weighted by atomic mass is 16.4. The lowest BCUT2D eigenvalue weighted by molar-refractivity contribution is 0.0697. The lowest BCUT2D eigenvalue weighted by Crippen LogP contribution is -2.09. The molecule has 1 heterocycles. The average Bonchev–Trinajstić information content (AvgIpc) is 2.37. The minimum atomic E-state index is -1.11. The van der Waals surface area contributed by atoms with Crippen LogP contribution in [0, 0.1) is 6.92 Å². The van der Waals surface area contributed by atoms with Crippen molar-refractivity contribution in [2.24, 2.45) is 0 Å². The van der Waals surface area contributed by atoms with E-state index in [-0.39, 0.29) is 11.4 Å². The van der Waals surface area contributed by atoms with Crippen LogP contribution in [0.4, 0.5) is 5.82 Å². The number of hydrogen-bond acceptors (Lipinski definition) is 4. The van der Waals surface area contributed by atoms with E-state index in [4.69, 9.17) is 10.8 Å². The van der Waals surface area contributed by atoms with Crippen LogP contribution in [0.25, 0.3) is 0 Å². The number of benzene rings is 1. The van der Waals surface area contributed by atoms with Crippen LogP contribution in [0.5, 0.6) is 0 Å². The standard InChI is InChI=1S/C14H15N3O2/c1-9-2-4-10(5-3-9)6-7-12-16-8-11(14(18)19)13(15)17-12/h2-5,8H,6-7H2,1H3,(H,18,19)(H2,15,16,17). The van der Waals surface area contributed by atoms with Crippen molar-refractivity contribution in [1.82, 2.24) is 9.97 Å². The molecular weight excluding hydrogens is 242 g/mol. The van der Waals surface area contributed by atoms with Crippen molar-refractivity contribution >= 4 is 11.8 Å². The third-order valence-corrected chi connectivity index (χ3v) is 2.86. The molecule has 5 nitrogen and oxygen atoms in total. The van der Waals surface area contributed by atoms with Crippen LogP contribution < -0.4 is 5.73 Å². The Labute approximate surface area is 111 Å². The predicted molar refractivity (Wildman–Crippen MR) is 72.0 cm³/mol. The van der Waals surface area contributed by atoms with Crippen LogP contribution in [0.3, 0.4) is 0 Å². The van der Waals surface area contributed by atoms with Gasteiger partial charge in [-0.05, 0) is 18.9 Å². The number of hydrogen-bond donors (Lipinski definition) is 2. The molecular formula is C14H15N3O2. The fourth-order valence-corrected chi connectivity index (χ4v) is 1.73. The number of aromatic carboxylic acids is 1. The molecule has 0 amide bonds. The molecule has 19 heavy (non-hydrogen) atoms. The third kappa shape index (κ3) is 3.28. The summed E-state index contributed by atoms with van der Waals surface area (Å²) < 4.78 is 0. The van der Waals surface area contributed by atoms with Gasteiger partial charge in [0, 0.05) is 12.6 Å². The molecule has 0 saturated carbocycles. The summed E-state index contributed by atoms with van der Waals surface area (Å²) in [6, 6.07) is 8.23. The summed E-state index contributed by atoms with van der Waals surface area (Å²) in [6.07, 6.45) is 2.69. The third-order valence-electron chi connectivity index (χ3n) is 2.86. The van der Waals surface area contributed by atoms with Crippen LogP contribution in [0.2, 0.25) is 0 Å². The zero-order valence-electron chi connectivity index (χ0n) is 10.6. The summed E-state index contributed by atoms with van der Waals surface area (Å²) in [4.78, 5) is 18.8. The van der Waals surface area contributed by atoms with Gasteiger partial charge in [0.05, 0.1) is 0 Å². The Morgan fingerprint density at radius 1 is 1.26 bits per heavy atom. The van der Waals surface area contributed by atoms with Crippen LogP contribution in [0.15, 0.2) is 30.5 Å². The molecule has 0 aliphatic rings. The fraction of sp³-hybridized carbons (Fsp3) is 0.214. The Kier molecular flexibility index (Phi) is 3.75. The largest absolute Gasteiger partial charge is 0.477 e. The van der Waals surface area contributed by atoms with Crippen LogP contribution >= 0.6 is 0 Å². The topological polar surface area (TPSA) is 89.1 Å². The Morgan fingerprint density at radius 2 is 1.95 bits per heavy atom. The number of nitrogens with two attached hydrogens (primary N) is 1. The normalized spacial score (nSPS) is 10.4. The minimum absolute atomic E-state index is 0.0152. The van der Waals surface area contributed by atoms with Gasteiger partial charge in [-0.25, -0.2) is 14.8 Å². The van der Waals surface area contributed by atoms with Crippen molar-refractivity contribution < 1.29 is 9.90 Å². The molecule has 98 valence electrons. The summed E-state index contributed by atoms with van der Waals surface area (Å²) in [5.41, 5.74) is 7.93. The van der Waals surface area contributed by atoms with Gasteiger partial charge in [-0.1, -0.05) is 29.8 Å². The molecule has 0 aliphatic heterocycles. The SMILES string of the molecule is Cc1ccc(CCc2ncc(C(=O)O)c(N)n2)cc1. The number of carboxylic acids is 1. The molecule has 0 aliphatic carbocycles. The second-order valence-electron chi connectivity index (χ2n) is 4.38. The van der Waals surface area contributed by atoms with Crippen molar-refractivity contribution in [3.8, 4) is 0 Å². The van der Waals surface area contributed by atoms with E-state index in [0.717, 1.165) is 6.42 Å². The quantitative estimate of drug-likeness (QED) is 0.872. The Bertz CT molecular complexity index is 594. The number of nitrogens with zero attached hydrogens (tertiary/aromatic N) is 2. The first-order chi connectivity index (χ1) is 9.06. The number of rotatable bonds is 4. The zero-order valence-corrected chi connectivity index (χ0v) is 10.6. The maximum absolute atomic E-state index is 10.8. The molecule has 1 aromatic heterocycles. The number of carboxylic acid groups (broad SMARTS) is 1. The van der Waals surface area contributed by atoms with Gasteiger partial charge in [-0.15, -0.1) is 0 Å². The number of nitrogen functional groups attached to an aromatic ring is 1. The van der Waals surface area contributed by atoms with E-state index in [1.165, 1.54) is 17.3 Å². The fourth-order valence-electron chi connectivity index (χ4n) is 1.73. The zero-order chi connectivity index (χ0) is 13.8. The van der Waals surface area contributed by atoms with Gasteiger partial charge in [0.15, 0.2) is 0 Å². The molecule has 5 heteroatoms. The van der Waals surface area contributed by atoms with Crippen molar-refractivity contribution in [3.05, 3.63) is 53.0 Å². The van der Waals surface area contributed by atoms with Gasteiger partial charge in [-0.3, -0.25) is 0 Å². The monoisotopic (exact) mass is 257 g/mol. The molecule has 3 N–H and O–H groups in total. The van der Waals surface area contributed by atoms with Gasteiger partial charge < -0.3 is 10.8 Å². The first-order valence-electron chi connectivity index (χ1n) is 5.96. The maximum atomic E-state index is 10.8. The van der Waals surface area contributed by atoms with Gasteiger partial charge in [0.25, 0.3) is 0 Å². The first kappa shape index (κ1) is 13.0. The molecule has 2 rings (SSSR count). The van der Waals surface area contributed by atoms with E-state index >= 15 is 0 Å². The molecule has 1 aromatic carbocycles. The number of carbonyl (C=O) groups is 1. The molecule has 0 fully saturated rings. The van der Waals surface area contributed by atoms with Gasteiger partial charge >= 0.3 is 5.97 Å². The van der Waals surface area contributed by atoms with E-state index in [2.05, 4.69) is 34.2 Å². The molecule has 0 radical (unpaired) electrons. The summed E-state index contributed by atoms with van der Waals surface area (Å²) in [5, 5.41) is 8.83. The van der Waals surface area contributed by atoms with Gasteiger partial charge in [0.2, 0.25) is 0 Å². The van der Waals surface area contributed by atoms with E-state index in [1.807, 2.05) is 6.92 Å². The highest BCUT2D eigenvalue weighted by Crippen LogP contribution is 2.10. The molecule has 2 aromatic rings.